The lowest BCUT2D eigenvalue weighted by molar-refractivity contribution is -0.899. The minimum Gasteiger partial charge on any atom is -0.494 e. The van der Waals surface area contributed by atoms with Crippen molar-refractivity contribution in [1.29, 1.82) is 0 Å². The predicted molar refractivity (Wildman–Crippen MR) is 77.6 cm³/mol. The maximum Gasteiger partial charge on any atom is 0.216 e. The zero-order chi connectivity index (χ0) is 14.2. The molecule has 2 rings (SSSR count). The molecule has 1 aliphatic rings. The molecule has 110 valence electrons. The summed E-state index contributed by atoms with van der Waals surface area (Å²) >= 11 is 0. The molecule has 1 heterocycles. The third-order valence-electron chi connectivity index (χ3n) is 3.55. The van der Waals surface area contributed by atoms with Gasteiger partial charge >= 0.3 is 0 Å². The number of rotatable bonds is 7. The molecule has 0 atom stereocenters. The highest BCUT2D eigenvalue weighted by atomic mass is 16.5. The van der Waals surface area contributed by atoms with Crippen molar-refractivity contribution in [3.8, 4) is 5.75 Å². The number of ether oxygens (including phenoxy) is 2. The first-order valence-corrected chi connectivity index (χ1v) is 7.47. The number of hydrogen-bond acceptors (Lipinski definition) is 3. The van der Waals surface area contributed by atoms with Crippen molar-refractivity contribution in [3.05, 3.63) is 29.8 Å². The van der Waals surface area contributed by atoms with E-state index in [-0.39, 0.29) is 5.78 Å². The van der Waals surface area contributed by atoms with Gasteiger partial charge in [0.25, 0.3) is 0 Å². The van der Waals surface area contributed by atoms with Crippen LogP contribution in [0.1, 0.15) is 30.1 Å². The molecule has 0 aliphatic carbocycles. The fourth-order valence-electron chi connectivity index (χ4n) is 2.24. The average Bonchev–Trinajstić information content (AvgIpc) is 2.49. The molecule has 1 aliphatic heterocycles. The number of ketones is 1. The third-order valence-corrected chi connectivity index (χ3v) is 3.55. The second-order valence-electron chi connectivity index (χ2n) is 5.19. The highest BCUT2D eigenvalue weighted by Gasteiger charge is 2.18. The first-order chi connectivity index (χ1) is 9.79. The van der Waals surface area contributed by atoms with E-state index in [1.165, 1.54) is 4.90 Å². The number of morpholine rings is 1. The number of carbonyl (C=O) groups excluding carboxylic acids is 1. The van der Waals surface area contributed by atoms with Crippen LogP contribution in [0.5, 0.6) is 5.75 Å². The van der Waals surface area contributed by atoms with Gasteiger partial charge in [0.1, 0.15) is 25.4 Å². The summed E-state index contributed by atoms with van der Waals surface area (Å²) < 4.78 is 10.9. The van der Waals surface area contributed by atoms with E-state index < -0.39 is 0 Å². The first-order valence-electron chi connectivity index (χ1n) is 7.47. The van der Waals surface area contributed by atoms with Gasteiger partial charge in [-0.3, -0.25) is 4.79 Å². The van der Waals surface area contributed by atoms with Crippen LogP contribution in [0, 0.1) is 0 Å². The summed E-state index contributed by atoms with van der Waals surface area (Å²) in [6.45, 7) is 6.79. The van der Waals surface area contributed by atoms with Gasteiger partial charge in [-0.1, -0.05) is 13.3 Å². The Labute approximate surface area is 120 Å². The molecule has 0 amide bonds. The molecule has 1 fully saturated rings. The maximum absolute atomic E-state index is 12.2. The third kappa shape index (κ3) is 4.62. The number of carbonyl (C=O) groups is 1. The highest BCUT2D eigenvalue weighted by molar-refractivity contribution is 5.96. The molecule has 1 aromatic carbocycles. The molecule has 0 spiro atoms. The molecule has 0 radical (unpaired) electrons. The van der Waals surface area contributed by atoms with E-state index in [2.05, 4.69) is 6.92 Å². The van der Waals surface area contributed by atoms with Gasteiger partial charge in [0.2, 0.25) is 5.78 Å². The van der Waals surface area contributed by atoms with Crippen molar-refractivity contribution in [2.75, 3.05) is 39.5 Å². The smallest absolute Gasteiger partial charge is 0.216 e. The van der Waals surface area contributed by atoms with E-state index in [0.29, 0.717) is 6.54 Å². The minimum absolute atomic E-state index is 0.196. The van der Waals surface area contributed by atoms with Gasteiger partial charge in [0.15, 0.2) is 0 Å². The SMILES string of the molecule is CCCCOc1ccc(C(=O)C[NH+]2CCOCC2)cc1. The Balaban J connectivity index is 1.83. The molecule has 4 nitrogen and oxygen atoms in total. The van der Waals surface area contributed by atoms with E-state index in [4.69, 9.17) is 9.47 Å². The molecular weight excluding hydrogens is 254 g/mol. The summed E-state index contributed by atoms with van der Waals surface area (Å²) in [5, 5.41) is 0. The Bertz CT molecular complexity index is 410. The first kappa shape index (κ1) is 15.0. The minimum atomic E-state index is 0.196. The van der Waals surface area contributed by atoms with Crippen molar-refractivity contribution in [1.82, 2.24) is 0 Å². The van der Waals surface area contributed by atoms with E-state index in [9.17, 15) is 4.79 Å². The van der Waals surface area contributed by atoms with Crippen LogP contribution in [0.15, 0.2) is 24.3 Å². The molecule has 4 heteroatoms. The van der Waals surface area contributed by atoms with Gasteiger partial charge in [0.05, 0.1) is 19.8 Å². The molecule has 0 unspecified atom stereocenters. The zero-order valence-corrected chi connectivity index (χ0v) is 12.2. The molecule has 1 N–H and O–H groups in total. The van der Waals surface area contributed by atoms with E-state index in [0.717, 1.165) is 57.1 Å². The summed E-state index contributed by atoms with van der Waals surface area (Å²) in [5.74, 6) is 1.04. The standard InChI is InChI=1S/C16H23NO3/c1-2-3-10-20-15-6-4-14(5-7-15)16(18)13-17-8-11-19-12-9-17/h4-7H,2-3,8-13H2,1H3/p+1. The Morgan fingerprint density at radius 3 is 2.60 bits per heavy atom. The van der Waals surface area contributed by atoms with Crippen LogP contribution in [-0.4, -0.2) is 45.2 Å². The highest BCUT2D eigenvalue weighted by Crippen LogP contribution is 2.12. The lowest BCUT2D eigenvalue weighted by Crippen LogP contribution is -3.14. The molecule has 20 heavy (non-hydrogen) atoms. The summed E-state index contributed by atoms with van der Waals surface area (Å²) in [6.07, 6.45) is 2.18. The lowest BCUT2D eigenvalue weighted by Gasteiger charge is -2.22. The van der Waals surface area contributed by atoms with Crippen LogP contribution in [0.2, 0.25) is 0 Å². The Morgan fingerprint density at radius 1 is 1.25 bits per heavy atom. The van der Waals surface area contributed by atoms with E-state index >= 15 is 0 Å². The fraction of sp³-hybridized carbons (Fsp3) is 0.562. The number of Topliss-reactive ketones (excluding diaryl/α,β-unsaturated/α-hetero) is 1. The van der Waals surface area contributed by atoms with Crippen molar-refractivity contribution in [3.63, 3.8) is 0 Å². The summed E-state index contributed by atoms with van der Waals surface area (Å²) in [5.41, 5.74) is 0.770. The lowest BCUT2D eigenvalue weighted by atomic mass is 10.1. The van der Waals surface area contributed by atoms with Gasteiger partial charge in [-0.15, -0.1) is 0 Å². The fourth-order valence-corrected chi connectivity index (χ4v) is 2.24. The van der Waals surface area contributed by atoms with Crippen LogP contribution in [0.25, 0.3) is 0 Å². The summed E-state index contributed by atoms with van der Waals surface area (Å²) in [4.78, 5) is 13.5. The molecule has 1 aromatic rings. The topological polar surface area (TPSA) is 40.0 Å². The van der Waals surface area contributed by atoms with Crippen LogP contribution < -0.4 is 9.64 Å². The summed E-state index contributed by atoms with van der Waals surface area (Å²) in [7, 11) is 0. The van der Waals surface area contributed by atoms with Gasteiger partial charge < -0.3 is 14.4 Å². The predicted octanol–water partition coefficient (Wildman–Crippen LogP) is 0.963. The Morgan fingerprint density at radius 2 is 1.95 bits per heavy atom. The van der Waals surface area contributed by atoms with Crippen LogP contribution in [0.3, 0.4) is 0 Å². The second-order valence-corrected chi connectivity index (χ2v) is 5.19. The molecule has 1 saturated heterocycles. The number of nitrogens with one attached hydrogen (secondary N) is 1. The number of benzene rings is 1. The van der Waals surface area contributed by atoms with Gasteiger partial charge in [-0.25, -0.2) is 0 Å². The zero-order valence-electron chi connectivity index (χ0n) is 12.2. The maximum atomic E-state index is 12.2. The number of unbranched alkanes of at least 4 members (excludes halogenated alkanes) is 1. The quantitative estimate of drug-likeness (QED) is 0.596. The molecule has 0 aromatic heterocycles. The number of hydrogen-bond donors (Lipinski definition) is 1. The monoisotopic (exact) mass is 278 g/mol. The van der Waals surface area contributed by atoms with E-state index in [1.54, 1.807) is 0 Å². The van der Waals surface area contributed by atoms with Crippen molar-refractivity contribution < 1.29 is 19.2 Å². The van der Waals surface area contributed by atoms with Crippen molar-refractivity contribution >= 4 is 5.78 Å². The Hall–Kier alpha value is -1.39. The molecular formula is C16H24NO3+. The van der Waals surface area contributed by atoms with Gasteiger partial charge in [0, 0.05) is 5.56 Å². The van der Waals surface area contributed by atoms with Crippen molar-refractivity contribution in [2.45, 2.75) is 19.8 Å². The molecule has 0 saturated carbocycles. The normalized spacial score (nSPS) is 16.1. The van der Waals surface area contributed by atoms with E-state index in [1.807, 2.05) is 24.3 Å². The van der Waals surface area contributed by atoms with Crippen molar-refractivity contribution in [2.24, 2.45) is 0 Å². The van der Waals surface area contributed by atoms with Crippen LogP contribution >= 0.6 is 0 Å². The molecule has 0 bridgehead atoms. The van der Waals surface area contributed by atoms with Gasteiger partial charge in [-0.05, 0) is 30.7 Å². The number of quaternary nitrogens is 1. The van der Waals surface area contributed by atoms with Gasteiger partial charge in [-0.2, -0.15) is 0 Å². The average molecular weight is 278 g/mol. The second kappa shape index (κ2) is 8.02. The summed E-state index contributed by atoms with van der Waals surface area (Å²) in [6, 6.07) is 7.50. The van der Waals surface area contributed by atoms with Crippen LogP contribution in [-0.2, 0) is 4.74 Å². The largest absolute Gasteiger partial charge is 0.494 e. The van der Waals surface area contributed by atoms with Crippen LogP contribution in [0.4, 0.5) is 0 Å². The Kier molecular flexibility index (Phi) is 6.02.